The van der Waals surface area contributed by atoms with Gasteiger partial charge >= 0.3 is 5.97 Å². The van der Waals surface area contributed by atoms with Crippen molar-refractivity contribution in [3.05, 3.63) is 12.8 Å². The van der Waals surface area contributed by atoms with Crippen molar-refractivity contribution in [1.29, 1.82) is 0 Å². The summed E-state index contributed by atoms with van der Waals surface area (Å²) in [7, 11) is 0. The number of hydrogen-bond donors (Lipinski definition) is 1. The fraction of sp³-hybridized carbons (Fsp3) is 0.750. The van der Waals surface area contributed by atoms with Gasteiger partial charge in [0.25, 0.3) is 0 Å². The van der Waals surface area contributed by atoms with Crippen LogP contribution in [0.15, 0.2) is 12.8 Å². The molecule has 0 bridgehead atoms. The van der Waals surface area contributed by atoms with E-state index >= 15 is 0 Å². The lowest BCUT2D eigenvalue weighted by molar-refractivity contribution is -0.151. The fourth-order valence-corrected chi connectivity index (χ4v) is 2.05. The molecule has 0 aliphatic carbocycles. The summed E-state index contributed by atoms with van der Waals surface area (Å²) >= 11 is 1.84. The average Bonchev–Trinajstić information content (AvgIpc) is 2.21. The third-order valence-corrected chi connectivity index (χ3v) is 3.00. The molecule has 0 aliphatic heterocycles. The van der Waals surface area contributed by atoms with Crippen molar-refractivity contribution in [1.82, 2.24) is 5.32 Å². The van der Waals surface area contributed by atoms with E-state index in [9.17, 15) is 4.79 Å². The van der Waals surface area contributed by atoms with Crippen LogP contribution in [0.5, 0.6) is 0 Å². The number of nitrogens with one attached hydrogen (secondary N) is 1. The highest BCUT2D eigenvalue weighted by atomic mass is 32.2. The van der Waals surface area contributed by atoms with Crippen LogP contribution in [-0.4, -0.2) is 30.1 Å². The predicted octanol–water partition coefficient (Wildman–Crippen LogP) is 2.43. The van der Waals surface area contributed by atoms with E-state index in [4.69, 9.17) is 4.74 Å². The van der Waals surface area contributed by atoms with Gasteiger partial charge in [-0.3, -0.25) is 4.79 Å². The van der Waals surface area contributed by atoms with E-state index < -0.39 is 0 Å². The summed E-state index contributed by atoms with van der Waals surface area (Å²) in [5, 5.41) is 3.04. The number of carbonyl (C=O) groups is 1. The van der Waals surface area contributed by atoms with Gasteiger partial charge in [-0.2, -0.15) is 11.8 Å². The molecule has 0 saturated heterocycles. The number of carbonyl (C=O) groups excluding carboxylic acids is 1. The molecule has 1 atom stereocenters. The van der Waals surface area contributed by atoms with Crippen molar-refractivity contribution >= 4 is 17.7 Å². The van der Waals surface area contributed by atoms with E-state index in [1.54, 1.807) is 6.20 Å². The Morgan fingerprint density at radius 2 is 2.12 bits per heavy atom. The van der Waals surface area contributed by atoms with Crippen LogP contribution < -0.4 is 5.32 Å². The lowest BCUT2D eigenvalue weighted by atomic mass is 10.1. The predicted molar refractivity (Wildman–Crippen MR) is 70.5 cm³/mol. The van der Waals surface area contributed by atoms with E-state index in [1.807, 2.05) is 32.5 Å². The van der Waals surface area contributed by atoms with Crippen molar-refractivity contribution in [2.24, 2.45) is 5.92 Å². The number of hydrogen-bond acceptors (Lipinski definition) is 4. The highest BCUT2D eigenvalue weighted by molar-refractivity contribution is 7.99. The standard InChI is InChI=1S/C12H23NO2S/c1-5-13-7-9-16-8-6-11(4)12(14)15-10(2)3/h5,10-11,13H,1,6-9H2,2-4H3. The molecule has 0 saturated carbocycles. The Labute approximate surface area is 103 Å². The zero-order valence-corrected chi connectivity index (χ0v) is 11.3. The Hall–Kier alpha value is -0.640. The lowest BCUT2D eigenvalue weighted by Crippen LogP contribution is -2.19. The monoisotopic (exact) mass is 245 g/mol. The number of thioether (sulfide) groups is 1. The molecule has 1 N–H and O–H groups in total. The van der Waals surface area contributed by atoms with Crippen LogP contribution in [0.2, 0.25) is 0 Å². The van der Waals surface area contributed by atoms with E-state index in [1.165, 1.54) is 0 Å². The molecule has 0 radical (unpaired) electrons. The molecule has 0 heterocycles. The average molecular weight is 245 g/mol. The quantitative estimate of drug-likeness (QED) is 0.500. The van der Waals surface area contributed by atoms with Crippen molar-refractivity contribution in [3.63, 3.8) is 0 Å². The molecule has 16 heavy (non-hydrogen) atoms. The molecule has 0 aliphatic rings. The molecule has 0 rings (SSSR count). The van der Waals surface area contributed by atoms with E-state index in [0.717, 1.165) is 24.5 Å². The maximum Gasteiger partial charge on any atom is 0.308 e. The summed E-state index contributed by atoms with van der Waals surface area (Å²) in [4.78, 5) is 11.5. The number of ether oxygens (including phenoxy) is 1. The second kappa shape index (κ2) is 9.58. The van der Waals surface area contributed by atoms with Gasteiger partial charge < -0.3 is 10.1 Å². The molecular weight excluding hydrogens is 222 g/mol. The van der Waals surface area contributed by atoms with Crippen molar-refractivity contribution in [2.75, 3.05) is 18.1 Å². The van der Waals surface area contributed by atoms with Crippen molar-refractivity contribution < 1.29 is 9.53 Å². The van der Waals surface area contributed by atoms with Crippen molar-refractivity contribution in [2.45, 2.75) is 33.3 Å². The van der Waals surface area contributed by atoms with Crippen LogP contribution in [-0.2, 0) is 9.53 Å². The van der Waals surface area contributed by atoms with Gasteiger partial charge in [-0.25, -0.2) is 0 Å². The molecule has 0 aromatic heterocycles. The van der Waals surface area contributed by atoms with Gasteiger partial charge in [-0.05, 0) is 32.2 Å². The Kier molecular flexibility index (Phi) is 9.19. The molecule has 3 nitrogen and oxygen atoms in total. The zero-order chi connectivity index (χ0) is 12.4. The lowest BCUT2D eigenvalue weighted by Gasteiger charge is -2.13. The van der Waals surface area contributed by atoms with Crippen molar-refractivity contribution in [3.8, 4) is 0 Å². The summed E-state index contributed by atoms with van der Waals surface area (Å²) in [5.74, 6) is 1.95. The maximum absolute atomic E-state index is 11.5. The highest BCUT2D eigenvalue weighted by Gasteiger charge is 2.14. The van der Waals surface area contributed by atoms with Gasteiger partial charge in [0.1, 0.15) is 0 Å². The highest BCUT2D eigenvalue weighted by Crippen LogP contribution is 2.11. The van der Waals surface area contributed by atoms with E-state index in [-0.39, 0.29) is 18.0 Å². The molecule has 0 amide bonds. The molecule has 0 spiro atoms. The molecule has 1 unspecified atom stereocenters. The van der Waals surface area contributed by atoms with Gasteiger partial charge in [0, 0.05) is 12.3 Å². The first kappa shape index (κ1) is 15.4. The first-order valence-electron chi connectivity index (χ1n) is 5.70. The van der Waals surface area contributed by atoms with E-state index in [0.29, 0.717) is 0 Å². The Morgan fingerprint density at radius 1 is 1.44 bits per heavy atom. The summed E-state index contributed by atoms with van der Waals surface area (Å²) in [6.07, 6.45) is 2.56. The third-order valence-electron chi connectivity index (χ3n) is 1.98. The molecule has 0 aromatic rings. The van der Waals surface area contributed by atoms with Gasteiger partial charge in [-0.15, -0.1) is 0 Å². The minimum absolute atomic E-state index is 0.00210. The van der Waals surface area contributed by atoms with Crippen LogP contribution in [0.1, 0.15) is 27.2 Å². The molecule has 0 aromatic carbocycles. The summed E-state index contributed by atoms with van der Waals surface area (Å²) in [6.45, 7) is 10.2. The molecule has 0 fully saturated rings. The Balaban J connectivity index is 3.45. The topological polar surface area (TPSA) is 38.3 Å². The normalized spacial score (nSPS) is 12.2. The Morgan fingerprint density at radius 3 is 2.69 bits per heavy atom. The summed E-state index contributed by atoms with van der Waals surface area (Å²) < 4.78 is 5.13. The third kappa shape index (κ3) is 8.65. The smallest absolute Gasteiger partial charge is 0.308 e. The summed E-state index contributed by atoms with van der Waals surface area (Å²) in [5.41, 5.74) is 0. The zero-order valence-electron chi connectivity index (χ0n) is 10.5. The number of rotatable bonds is 9. The maximum atomic E-state index is 11.5. The van der Waals surface area contributed by atoms with Crippen LogP contribution in [0.25, 0.3) is 0 Å². The first-order valence-corrected chi connectivity index (χ1v) is 6.86. The molecular formula is C12H23NO2S. The largest absolute Gasteiger partial charge is 0.463 e. The SMILES string of the molecule is C=CNCCSCCC(C)C(=O)OC(C)C. The van der Waals surface area contributed by atoms with Gasteiger partial charge in [0.15, 0.2) is 0 Å². The minimum Gasteiger partial charge on any atom is -0.463 e. The van der Waals surface area contributed by atoms with Gasteiger partial charge in [0.05, 0.1) is 12.0 Å². The van der Waals surface area contributed by atoms with Crippen LogP contribution >= 0.6 is 11.8 Å². The second-order valence-electron chi connectivity index (χ2n) is 3.95. The second-order valence-corrected chi connectivity index (χ2v) is 5.17. The van der Waals surface area contributed by atoms with Gasteiger partial charge in [0.2, 0.25) is 0 Å². The van der Waals surface area contributed by atoms with Crippen LogP contribution in [0.3, 0.4) is 0 Å². The van der Waals surface area contributed by atoms with Crippen LogP contribution in [0, 0.1) is 5.92 Å². The minimum atomic E-state index is -0.0835. The van der Waals surface area contributed by atoms with Crippen LogP contribution in [0.4, 0.5) is 0 Å². The number of esters is 1. The first-order chi connectivity index (χ1) is 7.57. The molecule has 94 valence electrons. The Bertz CT molecular complexity index is 207. The molecule has 4 heteroatoms. The van der Waals surface area contributed by atoms with Gasteiger partial charge in [-0.1, -0.05) is 13.5 Å². The van der Waals surface area contributed by atoms with E-state index in [2.05, 4.69) is 11.9 Å². The summed E-state index contributed by atoms with van der Waals surface area (Å²) in [6, 6.07) is 0. The fourth-order valence-electron chi connectivity index (χ4n) is 1.06.